The Bertz CT molecular complexity index is 1620. The van der Waals surface area contributed by atoms with E-state index >= 15 is 0 Å². The number of hydrogen-bond acceptors (Lipinski definition) is 9. The molecule has 0 bridgehead atoms. The largest absolute Gasteiger partial charge is 0.497 e. The SMILES string of the molecule is CCOC(=O)c1c(NC(=O)CSc2nnc(CNC(=O)c3cccc(OC)c3)n2-c2ccc(Br)cc2)sc2c1CCC2. The number of nitrogens with one attached hydrogen (secondary N) is 2. The van der Waals surface area contributed by atoms with Crippen molar-refractivity contribution >= 4 is 61.8 Å². The fourth-order valence-corrected chi connectivity index (χ4v) is 6.92. The molecule has 2 heterocycles. The molecule has 0 spiro atoms. The Morgan fingerprint density at radius 1 is 1.12 bits per heavy atom. The molecule has 1 aliphatic carbocycles. The highest BCUT2D eigenvalue weighted by atomic mass is 79.9. The first kappa shape index (κ1) is 29.8. The first-order valence-electron chi connectivity index (χ1n) is 13.2. The molecular formula is C29H28BrN5O5S2. The molecule has 2 aromatic carbocycles. The first-order valence-corrected chi connectivity index (χ1v) is 15.8. The summed E-state index contributed by atoms with van der Waals surface area (Å²) < 4.78 is 13.2. The third-order valence-electron chi connectivity index (χ3n) is 6.51. The summed E-state index contributed by atoms with van der Waals surface area (Å²) in [5, 5.41) is 15.5. The predicted octanol–water partition coefficient (Wildman–Crippen LogP) is 5.43. The maximum absolute atomic E-state index is 13.1. The summed E-state index contributed by atoms with van der Waals surface area (Å²) in [6, 6.07) is 14.4. The van der Waals surface area contributed by atoms with Gasteiger partial charge in [-0.1, -0.05) is 33.8 Å². The number of thioether (sulfide) groups is 1. The van der Waals surface area contributed by atoms with E-state index < -0.39 is 5.97 Å². The average Bonchev–Trinajstić information content (AvgIpc) is 3.70. The highest BCUT2D eigenvalue weighted by molar-refractivity contribution is 9.10. The molecule has 10 nitrogen and oxygen atoms in total. The van der Waals surface area contributed by atoms with Crippen molar-refractivity contribution in [1.29, 1.82) is 0 Å². The van der Waals surface area contributed by atoms with Gasteiger partial charge in [0.15, 0.2) is 11.0 Å². The minimum atomic E-state index is -0.407. The molecule has 1 aliphatic rings. The number of methoxy groups -OCH3 is 1. The monoisotopic (exact) mass is 669 g/mol. The van der Waals surface area contributed by atoms with Crippen LogP contribution in [0.2, 0.25) is 0 Å². The third-order valence-corrected chi connectivity index (χ3v) is 9.18. The summed E-state index contributed by atoms with van der Waals surface area (Å²) in [7, 11) is 1.54. The zero-order chi connectivity index (χ0) is 29.6. The Hall–Kier alpha value is -3.68. The number of benzene rings is 2. The van der Waals surface area contributed by atoms with Crippen LogP contribution < -0.4 is 15.4 Å². The summed E-state index contributed by atoms with van der Waals surface area (Å²) >= 11 is 6.11. The Labute approximate surface area is 259 Å². The summed E-state index contributed by atoms with van der Waals surface area (Å²) in [6.07, 6.45) is 2.69. The Morgan fingerprint density at radius 2 is 1.93 bits per heavy atom. The maximum Gasteiger partial charge on any atom is 0.341 e. The number of anilines is 1. The van der Waals surface area contributed by atoms with Crippen molar-refractivity contribution in [3.63, 3.8) is 0 Å². The van der Waals surface area contributed by atoms with Gasteiger partial charge in [0.25, 0.3) is 5.91 Å². The number of hydrogen-bond donors (Lipinski definition) is 2. The number of aromatic nitrogens is 3. The molecule has 13 heteroatoms. The Balaban J connectivity index is 1.32. The number of aryl methyl sites for hydroxylation is 1. The van der Waals surface area contributed by atoms with Crippen molar-refractivity contribution < 1.29 is 23.9 Å². The van der Waals surface area contributed by atoms with Gasteiger partial charge in [-0.3, -0.25) is 14.2 Å². The molecule has 0 atom stereocenters. The van der Waals surface area contributed by atoms with Crippen LogP contribution in [0.3, 0.4) is 0 Å². The number of ether oxygens (including phenoxy) is 2. The number of thiophene rings is 1. The van der Waals surface area contributed by atoms with E-state index in [1.54, 1.807) is 42.9 Å². The van der Waals surface area contributed by atoms with E-state index in [2.05, 4.69) is 36.8 Å². The number of amides is 2. The van der Waals surface area contributed by atoms with Gasteiger partial charge in [0.1, 0.15) is 10.8 Å². The highest BCUT2D eigenvalue weighted by Gasteiger charge is 2.28. The molecule has 0 radical (unpaired) electrons. The number of halogens is 1. The van der Waals surface area contributed by atoms with E-state index in [1.165, 1.54) is 23.1 Å². The number of esters is 1. The van der Waals surface area contributed by atoms with E-state index in [1.807, 2.05) is 24.3 Å². The van der Waals surface area contributed by atoms with Crippen LogP contribution in [0.25, 0.3) is 5.69 Å². The van der Waals surface area contributed by atoms with Gasteiger partial charge < -0.3 is 20.1 Å². The van der Waals surface area contributed by atoms with Gasteiger partial charge >= 0.3 is 5.97 Å². The lowest BCUT2D eigenvalue weighted by molar-refractivity contribution is -0.113. The van der Waals surface area contributed by atoms with Crippen molar-refractivity contribution in [3.8, 4) is 11.4 Å². The van der Waals surface area contributed by atoms with Gasteiger partial charge in [0.2, 0.25) is 5.91 Å². The van der Waals surface area contributed by atoms with Crippen molar-refractivity contribution in [2.24, 2.45) is 0 Å². The van der Waals surface area contributed by atoms with Crippen LogP contribution in [-0.2, 0) is 28.9 Å². The van der Waals surface area contributed by atoms with Crippen molar-refractivity contribution in [3.05, 3.63) is 80.4 Å². The lowest BCUT2D eigenvalue weighted by Gasteiger charge is -2.12. The van der Waals surface area contributed by atoms with Gasteiger partial charge in [-0.15, -0.1) is 21.5 Å². The lowest BCUT2D eigenvalue weighted by Crippen LogP contribution is -2.24. The van der Waals surface area contributed by atoms with Crippen LogP contribution in [0.15, 0.2) is 58.2 Å². The van der Waals surface area contributed by atoms with Crippen LogP contribution in [0.4, 0.5) is 5.00 Å². The van der Waals surface area contributed by atoms with Crippen LogP contribution >= 0.6 is 39.0 Å². The number of nitrogens with zero attached hydrogens (tertiary/aromatic N) is 3. The topological polar surface area (TPSA) is 124 Å². The highest BCUT2D eigenvalue weighted by Crippen LogP contribution is 2.39. The van der Waals surface area contributed by atoms with Crippen molar-refractivity contribution in [1.82, 2.24) is 20.1 Å². The number of rotatable bonds is 11. The molecule has 42 heavy (non-hydrogen) atoms. The smallest absolute Gasteiger partial charge is 0.341 e. The number of carbonyl (C=O) groups is 3. The minimum absolute atomic E-state index is 0.0374. The predicted molar refractivity (Wildman–Crippen MR) is 165 cm³/mol. The second kappa shape index (κ2) is 13.5. The standard InChI is InChI=1S/C29H28BrN5O5S2/c1-3-40-28(38)25-21-8-5-9-22(21)42-27(25)32-24(36)16-41-29-34-33-23(35(29)19-12-10-18(30)11-13-19)15-31-26(37)17-6-4-7-20(14-17)39-2/h4,6-7,10-14H,3,5,8-9,15-16H2,1-2H3,(H,31,37)(H,32,36). The van der Waals surface area contributed by atoms with Crippen LogP contribution in [-0.4, -0.2) is 52.0 Å². The molecule has 218 valence electrons. The fraction of sp³-hybridized carbons (Fsp3) is 0.276. The number of fused-ring (bicyclic) bond motifs is 1. The third kappa shape index (κ3) is 6.69. The summed E-state index contributed by atoms with van der Waals surface area (Å²) in [4.78, 5) is 39.7. The molecule has 0 aliphatic heterocycles. The van der Waals surface area contributed by atoms with E-state index in [4.69, 9.17) is 9.47 Å². The molecule has 4 aromatic rings. The van der Waals surface area contributed by atoms with E-state index in [0.717, 1.165) is 39.9 Å². The molecular weight excluding hydrogens is 642 g/mol. The second-order valence-corrected chi connectivity index (χ2v) is 12.2. The summed E-state index contributed by atoms with van der Waals surface area (Å²) in [6.45, 7) is 2.13. The van der Waals surface area contributed by atoms with E-state index in [-0.39, 0.29) is 30.7 Å². The lowest BCUT2D eigenvalue weighted by atomic mass is 10.1. The van der Waals surface area contributed by atoms with Gasteiger partial charge in [-0.05, 0) is 74.2 Å². The Kier molecular flexibility index (Phi) is 9.60. The van der Waals surface area contributed by atoms with Crippen molar-refractivity contribution in [2.45, 2.75) is 37.9 Å². The molecule has 0 saturated heterocycles. The normalized spacial score (nSPS) is 12.1. The first-order chi connectivity index (χ1) is 20.4. The minimum Gasteiger partial charge on any atom is -0.497 e. The van der Waals surface area contributed by atoms with Gasteiger partial charge in [-0.25, -0.2) is 4.79 Å². The molecule has 5 rings (SSSR count). The van der Waals surface area contributed by atoms with Gasteiger partial charge in [0.05, 0.1) is 31.6 Å². The summed E-state index contributed by atoms with van der Waals surface area (Å²) in [5.74, 6) is 0.151. The zero-order valence-electron chi connectivity index (χ0n) is 22.9. The van der Waals surface area contributed by atoms with Gasteiger partial charge in [0, 0.05) is 20.6 Å². The summed E-state index contributed by atoms with van der Waals surface area (Å²) in [5.41, 5.74) is 2.69. The Morgan fingerprint density at radius 3 is 2.69 bits per heavy atom. The molecule has 0 fully saturated rings. The van der Waals surface area contributed by atoms with Crippen molar-refractivity contribution in [2.75, 3.05) is 24.8 Å². The molecule has 2 amide bonds. The molecule has 2 aromatic heterocycles. The van der Waals surface area contributed by atoms with Crippen LogP contribution in [0.1, 0.15) is 50.3 Å². The molecule has 0 saturated carbocycles. The van der Waals surface area contributed by atoms with Gasteiger partial charge in [-0.2, -0.15) is 0 Å². The van der Waals surface area contributed by atoms with E-state index in [9.17, 15) is 14.4 Å². The van der Waals surface area contributed by atoms with Crippen LogP contribution in [0.5, 0.6) is 5.75 Å². The average molecular weight is 671 g/mol. The maximum atomic E-state index is 13.1. The second-order valence-electron chi connectivity index (χ2n) is 9.24. The molecule has 0 unspecified atom stereocenters. The molecule has 2 N–H and O–H groups in total. The van der Waals surface area contributed by atoms with E-state index in [0.29, 0.717) is 32.9 Å². The quantitative estimate of drug-likeness (QED) is 0.160. The fourth-order valence-electron chi connectivity index (χ4n) is 4.59. The van der Waals surface area contributed by atoms with Crippen LogP contribution in [0, 0.1) is 0 Å². The number of carbonyl (C=O) groups excluding carboxylic acids is 3. The zero-order valence-corrected chi connectivity index (χ0v) is 26.2.